The molecule has 1 saturated carbocycles. The Labute approximate surface area is 88.0 Å². The maximum absolute atomic E-state index is 5.34. The summed E-state index contributed by atoms with van der Waals surface area (Å²) >= 11 is 0. The van der Waals surface area contributed by atoms with Crippen LogP contribution in [0.3, 0.4) is 0 Å². The average Bonchev–Trinajstić information content (AvgIpc) is 2.25. The van der Waals surface area contributed by atoms with Crippen molar-refractivity contribution in [2.75, 3.05) is 20.0 Å². The molecule has 0 heterocycles. The molecule has 0 radical (unpaired) electrons. The first-order valence-electron chi connectivity index (χ1n) is 6.09. The van der Waals surface area contributed by atoms with E-state index in [2.05, 4.69) is 0 Å². The van der Waals surface area contributed by atoms with E-state index in [1.54, 1.807) is 0 Å². The van der Waals surface area contributed by atoms with Gasteiger partial charge in [0, 0.05) is 13.2 Å². The highest BCUT2D eigenvalue weighted by molar-refractivity contribution is 4.65. The molecule has 2 nitrogen and oxygen atoms in total. The zero-order valence-electron chi connectivity index (χ0n) is 9.46. The molecule has 0 saturated heterocycles. The van der Waals surface area contributed by atoms with E-state index in [1.807, 2.05) is 6.92 Å². The van der Waals surface area contributed by atoms with E-state index in [1.165, 1.54) is 44.9 Å². The molecule has 0 amide bonds. The third kappa shape index (κ3) is 5.61. The standard InChI is InChI=1S/C12H24O2/c1-2-13-11-14-10-6-9-12-7-4-3-5-8-12/h12H,2-11H2,1H3. The summed E-state index contributed by atoms with van der Waals surface area (Å²) in [6.07, 6.45) is 9.81. The van der Waals surface area contributed by atoms with Gasteiger partial charge in [-0.3, -0.25) is 0 Å². The molecule has 0 aromatic heterocycles. The molecular weight excluding hydrogens is 176 g/mol. The van der Waals surface area contributed by atoms with E-state index in [4.69, 9.17) is 9.47 Å². The zero-order chi connectivity index (χ0) is 10.1. The molecule has 1 aliphatic rings. The summed E-state index contributed by atoms with van der Waals surface area (Å²) < 4.78 is 10.4. The highest BCUT2D eigenvalue weighted by Gasteiger charge is 2.12. The van der Waals surface area contributed by atoms with Crippen LogP contribution in [0, 0.1) is 5.92 Å². The lowest BCUT2D eigenvalue weighted by molar-refractivity contribution is -0.0509. The normalized spacial score (nSPS) is 18.6. The largest absolute Gasteiger partial charge is 0.356 e. The molecule has 0 spiro atoms. The van der Waals surface area contributed by atoms with E-state index in [0.29, 0.717) is 6.79 Å². The quantitative estimate of drug-likeness (QED) is 0.463. The third-order valence-corrected chi connectivity index (χ3v) is 3.00. The van der Waals surface area contributed by atoms with Crippen LogP contribution < -0.4 is 0 Å². The van der Waals surface area contributed by atoms with Gasteiger partial charge in [-0.2, -0.15) is 0 Å². The van der Waals surface area contributed by atoms with Gasteiger partial charge in [0.05, 0.1) is 0 Å². The molecule has 0 atom stereocenters. The SMILES string of the molecule is CCOCOCCCC1CCCCC1. The summed E-state index contributed by atoms with van der Waals surface area (Å²) in [6.45, 7) is 4.09. The summed E-state index contributed by atoms with van der Waals surface area (Å²) in [5.41, 5.74) is 0. The second-order valence-corrected chi connectivity index (χ2v) is 4.17. The second-order valence-electron chi connectivity index (χ2n) is 4.17. The van der Waals surface area contributed by atoms with Crippen molar-refractivity contribution >= 4 is 0 Å². The van der Waals surface area contributed by atoms with Crippen LogP contribution in [-0.2, 0) is 9.47 Å². The summed E-state index contributed by atoms with van der Waals surface area (Å²) in [4.78, 5) is 0. The molecule has 0 unspecified atom stereocenters. The van der Waals surface area contributed by atoms with E-state index in [9.17, 15) is 0 Å². The predicted molar refractivity (Wildman–Crippen MR) is 58.3 cm³/mol. The summed E-state index contributed by atoms with van der Waals surface area (Å²) in [7, 11) is 0. The van der Waals surface area contributed by atoms with Gasteiger partial charge in [0.2, 0.25) is 0 Å². The predicted octanol–water partition coefficient (Wildman–Crippen LogP) is 3.36. The highest BCUT2D eigenvalue weighted by atomic mass is 16.7. The van der Waals surface area contributed by atoms with Crippen LogP contribution >= 0.6 is 0 Å². The summed E-state index contributed by atoms with van der Waals surface area (Å²) in [5.74, 6) is 0.986. The van der Waals surface area contributed by atoms with E-state index < -0.39 is 0 Å². The van der Waals surface area contributed by atoms with Crippen LogP contribution in [0.15, 0.2) is 0 Å². The van der Waals surface area contributed by atoms with E-state index >= 15 is 0 Å². The Kier molecular flexibility index (Phi) is 7.06. The van der Waals surface area contributed by atoms with Crippen LogP contribution in [0.1, 0.15) is 51.9 Å². The molecule has 14 heavy (non-hydrogen) atoms. The Morgan fingerprint density at radius 1 is 1.07 bits per heavy atom. The van der Waals surface area contributed by atoms with Crippen molar-refractivity contribution in [1.29, 1.82) is 0 Å². The van der Waals surface area contributed by atoms with Gasteiger partial charge in [-0.1, -0.05) is 32.1 Å². The van der Waals surface area contributed by atoms with Crippen molar-refractivity contribution in [1.82, 2.24) is 0 Å². The van der Waals surface area contributed by atoms with Gasteiger partial charge in [0.25, 0.3) is 0 Å². The lowest BCUT2D eigenvalue weighted by atomic mass is 9.86. The van der Waals surface area contributed by atoms with Gasteiger partial charge in [-0.05, 0) is 25.7 Å². The van der Waals surface area contributed by atoms with Crippen LogP contribution in [0.5, 0.6) is 0 Å². The van der Waals surface area contributed by atoms with Crippen molar-refractivity contribution in [3.8, 4) is 0 Å². The van der Waals surface area contributed by atoms with Crippen LogP contribution in [0.25, 0.3) is 0 Å². The molecule has 0 aromatic rings. The van der Waals surface area contributed by atoms with Crippen LogP contribution in [-0.4, -0.2) is 20.0 Å². The molecule has 1 aliphatic carbocycles. The number of hydrogen-bond acceptors (Lipinski definition) is 2. The number of ether oxygens (including phenoxy) is 2. The third-order valence-electron chi connectivity index (χ3n) is 3.00. The lowest BCUT2D eigenvalue weighted by Gasteiger charge is -2.21. The molecule has 2 heteroatoms. The first-order chi connectivity index (χ1) is 6.93. The van der Waals surface area contributed by atoms with Crippen molar-refractivity contribution in [3.63, 3.8) is 0 Å². The number of rotatable bonds is 7. The lowest BCUT2D eigenvalue weighted by Crippen LogP contribution is -2.08. The molecule has 1 rings (SSSR count). The second kappa shape index (κ2) is 8.25. The Morgan fingerprint density at radius 3 is 2.57 bits per heavy atom. The minimum Gasteiger partial charge on any atom is -0.356 e. The maximum atomic E-state index is 5.34. The van der Waals surface area contributed by atoms with Crippen molar-refractivity contribution in [2.24, 2.45) is 5.92 Å². The fourth-order valence-corrected chi connectivity index (χ4v) is 2.15. The van der Waals surface area contributed by atoms with Gasteiger partial charge in [0.15, 0.2) is 0 Å². The Morgan fingerprint density at radius 2 is 1.86 bits per heavy atom. The smallest absolute Gasteiger partial charge is 0.146 e. The van der Waals surface area contributed by atoms with Gasteiger partial charge in [0.1, 0.15) is 6.79 Å². The molecule has 0 aromatic carbocycles. The first kappa shape index (κ1) is 12.0. The minimum absolute atomic E-state index is 0.473. The first-order valence-corrected chi connectivity index (χ1v) is 6.09. The zero-order valence-corrected chi connectivity index (χ0v) is 9.46. The van der Waals surface area contributed by atoms with Crippen molar-refractivity contribution in [2.45, 2.75) is 51.9 Å². The molecule has 0 N–H and O–H groups in total. The minimum atomic E-state index is 0.473. The number of hydrogen-bond donors (Lipinski definition) is 0. The Balaban J connectivity index is 1.82. The van der Waals surface area contributed by atoms with Gasteiger partial charge >= 0.3 is 0 Å². The monoisotopic (exact) mass is 200 g/mol. The summed E-state index contributed by atoms with van der Waals surface area (Å²) in [6, 6.07) is 0. The summed E-state index contributed by atoms with van der Waals surface area (Å²) in [5, 5.41) is 0. The van der Waals surface area contributed by atoms with Crippen LogP contribution in [0.4, 0.5) is 0 Å². The maximum Gasteiger partial charge on any atom is 0.146 e. The highest BCUT2D eigenvalue weighted by Crippen LogP contribution is 2.27. The van der Waals surface area contributed by atoms with E-state index in [0.717, 1.165) is 19.1 Å². The molecular formula is C12H24O2. The van der Waals surface area contributed by atoms with Gasteiger partial charge in [-0.25, -0.2) is 0 Å². The van der Waals surface area contributed by atoms with Crippen molar-refractivity contribution in [3.05, 3.63) is 0 Å². The molecule has 0 aliphatic heterocycles. The average molecular weight is 200 g/mol. The van der Waals surface area contributed by atoms with Gasteiger partial charge < -0.3 is 9.47 Å². The van der Waals surface area contributed by atoms with Crippen molar-refractivity contribution < 1.29 is 9.47 Å². The molecule has 0 bridgehead atoms. The van der Waals surface area contributed by atoms with Gasteiger partial charge in [-0.15, -0.1) is 0 Å². The molecule has 1 fully saturated rings. The van der Waals surface area contributed by atoms with E-state index in [-0.39, 0.29) is 0 Å². The van der Waals surface area contributed by atoms with Crippen LogP contribution in [0.2, 0.25) is 0 Å². The molecule has 84 valence electrons. The Bertz CT molecular complexity index is 119. The Hall–Kier alpha value is -0.0800. The fourth-order valence-electron chi connectivity index (χ4n) is 2.15. The fraction of sp³-hybridized carbons (Fsp3) is 1.00. The topological polar surface area (TPSA) is 18.5 Å².